The Hall–Kier alpha value is -2.79. The molecule has 2 aromatic rings. The molecule has 134 valence electrons. The molecule has 0 saturated carbocycles. The number of benzene rings is 2. The smallest absolute Gasteiger partial charge is 0.257 e. The molecule has 4 rings (SSSR count). The van der Waals surface area contributed by atoms with Crippen LogP contribution in [-0.4, -0.2) is 31.2 Å². The highest BCUT2D eigenvalue weighted by Gasteiger charge is 2.24. The number of fused-ring (bicyclic) bond motifs is 1. The number of nitrogens with zero attached hydrogens (tertiary/aromatic N) is 1. The third-order valence-corrected chi connectivity index (χ3v) is 4.75. The molecule has 2 heterocycles. The highest BCUT2D eigenvalue weighted by Crippen LogP contribution is 2.31. The Kier molecular flexibility index (Phi) is 4.39. The molecular weight excluding hydrogens is 326 g/mol. The summed E-state index contributed by atoms with van der Waals surface area (Å²) in [5.74, 6) is -0.0772. The topological polar surface area (TPSA) is 53.6 Å². The molecule has 0 bridgehead atoms. The van der Waals surface area contributed by atoms with Gasteiger partial charge >= 0.3 is 0 Å². The summed E-state index contributed by atoms with van der Waals surface area (Å²) < 4.78 is 5.80. The second-order valence-electron chi connectivity index (χ2n) is 6.91. The van der Waals surface area contributed by atoms with E-state index in [1.807, 2.05) is 36.4 Å². The largest absolute Gasteiger partial charge is 0.372 e. The van der Waals surface area contributed by atoms with E-state index in [1.54, 1.807) is 6.20 Å². The Labute approximate surface area is 153 Å². The van der Waals surface area contributed by atoms with Crippen LogP contribution in [0.3, 0.4) is 0 Å². The van der Waals surface area contributed by atoms with Gasteiger partial charge in [0, 0.05) is 41.9 Å². The Morgan fingerprint density at radius 2 is 1.77 bits per heavy atom. The van der Waals surface area contributed by atoms with Crippen molar-refractivity contribution in [2.24, 2.45) is 0 Å². The summed E-state index contributed by atoms with van der Waals surface area (Å²) in [6.07, 6.45) is 2.25. The molecule has 1 saturated heterocycles. The van der Waals surface area contributed by atoms with Gasteiger partial charge in [0.05, 0.1) is 17.8 Å². The summed E-state index contributed by atoms with van der Waals surface area (Å²) in [5.41, 5.74) is 4.58. The molecule has 0 radical (unpaired) electrons. The molecule has 26 heavy (non-hydrogen) atoms. The van der Waals surface area contributed by atoms with Crippen molar-refractivity contribution in [2.75, 3.05) is 28.6 Å². The van der Waals surface area contributed by atoms with E-state index in [2.05, 4.69) is 41.5 Å². The molecule has 2 N–H and O–H groups in total. The number of amides is 1. The summed E-state index contributed by atoms with van der Waals surface area (Å²) >= 11 is 0. The highest BCUT2D eigenvalue weighted by atomic mass is 16.5. The van der Waals surface area contributed by atoms with E-state index in [0.717, 1.165) is 30.0 Å². The van der Waals surface area contributed by atoms with Gasteiger partial charge in [-0.05, 0) is 44.2 Å². The number of morpholine rings is 1. The Balaban J connectivity index is 1.48. The first-order valence-electron chi connectivity index (χ1n) is 8.98. The molecule has 0 aromatic heterocycles. The monoisotopic (exact) mass is 349 g/mol. The van der Waals surface area contributed by atoms with Crippen LogP contribution in [0.1, 0.15) is 19.4 Å². The predicted molar refractivity (Wildman–Crippen MR) is 105 cm³/mol. The first kappa shape index (κ1) is 16.7. The van der Waals surface area contributed by atoms with Crippen molar-refractivity contribution in [2.45, 2.75) is 26.1 Å². The summed E-state index contributed by atoms with van der Waals surface area (Å²) in [4.78, 5) is 14.5. The quantitative estimate of drug-likeness (QED) is 0.830. The van der Waals surface area contributed by atoms with E-state index in [0.29, 0.717) is 5.57 Å². The van der Waals surface area contributed by atoms with E-state index >= 15 is 0 Å². The zero-order valence-electron chi connectivity index (χ0n) is 15.0. The molecule has 1 fully saturated rings. The molecule has 2 aromatic carbocycles. The molecule has 2 aliphatic heterocycles. The van der Waals surface area contributed by atoms with Crippen molar-refractivity contribution >= 4 is 28.5 Å². The van der Waals surface area contributed by atoms with Crippen molar-refractivity contribution in [3.05, 3.63) is 60.3 Å². The van der Waals surface area contributed by atoms with Gasteiger partial charge in [-0.15, -0.1) is 0 Å². The fraction of sp³-hybridized carbons (Fsp3) is 0.286. The average molecular weight is 349 g/mol. The van der Waals surface area contributed by atoms with E-state index < -0.39 is 0 Å². The van der Waals surface area contributed by atoms with E-state index in [4.69, 9.17) is 4.74 Å². The molecule has 0 aliphatic carbocycles. The van der Waals surface area contributed by atoms with Crippen LogP contribution in [0.25, 0.3) is 5.57 Å². The predicted octanol–water partition coefficient (Wildman–Crippen LogP) is 3.71. The number of carbonyl (C=O) groups excluding carboxylic acids is 1. The number of nitrogens with one attached hydrogen (secondary N) is 2. The van der Waals surface area contributed by atoms with Gasteiger partial charge in [0.2, 0.25) is 0 Å². The SMILES string of the molecule is CC1CN(c2ccc(N/C=C3/C(=O)Nc4ccccc43)cc2)CC(C)O1. The zero-order valence-corrected chi connectivity index (χ0v) is 15.0. The lowest BCUT2D eigenvalue weighted by molar-refractivity contribution is -0.110. The van der Waals surface area contributed by atoms with E-state index in [1.165, 1.54) is 5.69 Å². The van der Waals surface area contributed by atoms with Gasteiger partial charge in [-0.2, -0.15) is 0 Å². The second-order valence-corrected chi connectivity index (χ2v) is 6.91. The number of rotatable bonds is 3. The molecule has 5 heteroatoms. The minimum atomic E-state index is -0.0772. The van der Waals surface area contributed by atoms with Gasteiger partial charge in [0.25, 0.3) is 5.91 Å². The van der Waals surface area contributed by atoms with Crippen LogP contribution in [0.2, 0.25) is 0 Å². The summed E-state index contributed by atoms with van der Waals surface area (Å²) in [7, 11) is 0. The maximum absolute atomic E-state index is 12.1. The number of hydrogen-bond donors (Lipinski definition) is 2. The molecule has 1 amide bonds. The second kappa shape index (κ2) is 6.84. The molecule has 2 unspecified atom stereocenters. The van der Waals surface area contributed by atoms with Crippen LogP contribution in [0.4, 0.5) is 17.1 Å². The normalized spacial score (nSPS) is 23.7. The van der Waals surface area contributed by atoms with Crippen molar-refractivity contribution < 1.29 is 9.53 Å². The lowest BCUT2D eigenvalue weighted by Crippen LogP contribution is -2.45. The highest BCUT2D eigenvalue weighted by molar-refractivity contribution is 6.31. The lowest BCUT2D eigenvalue weighted by atomic mass is 10.1. The standard InChI is InChI=1S/C21H23N3O2/c1-14-12-24(13-15(2)26-14)17-9-7-16(8-10-17)22-11-19-18-5-3-4-6-20(18)23-21(19)25/h3-11,14-15,22H,12-13H2,1-2H3,(H,23,25)/b19-11+. The molecular formula is C21H23N3O2. The first-order valence-corrected chi connectivity index (χ1v) is 8.98. The summed E-state index contributed by atoms with van der Waals surface area (Å²) in [6, 6.07) is 16.0. The summed E-state index contributed by atoms with van der Waals surface area (Å²) in [5, 5.41) is 6.12. The van der Waals surface area contributed by atoms with Crippen molar-refractivity contribution in [1.82, 2.24) is 0 Å². The third kappa shape index (κ3) is 3.30. The minimum absolute atomic E-state index is 0.0772. The number of para-hydroxylation sites is 1. The molecule has 2 aliphatic rings. The number of carbonyl (C=O) groups is 1. The van der Waals surface area contributed by atoms with Gasteiger partial charge < -0.3 is 20.3 Å². The maximum atomic E-state index is 12.1. The van der Waals surface area contributed by atoms with Crippen molar-refractivity contribution in [3.63, 3.8) is 0 Å². The molecule has 0 spiro atoms. The fourth-order valence-electron chi connectivity index (χ4n) is 3.59. The van der Waals surface area contributed by atoms with Crippen LogP contribution in [0, 0.1) is 0 Å². The first-order chi connectivity index (χ1) is 12.6. The van der Waals surface area contributed by atoms with Crippen LogP contribution in [-0.2, 0) is 9.53 Å². The average Bonchev–Trinajstić information content (AvgIpc) is 2.95. The van der Waals surface area contributed by atoms with E-state index in [9.17, 15) is 4.79 Å². The van der Waals surface area contributed by atoms with Gasteiger partial charge in [-0.3, -0.25) is 4.79 Å². The van der Waals surface area contributed by atoms with Crippen LogP contribution in [0.5, 0.6) is 0 Å². The number of hydrogen-bond acceptors (Lipinski definition) is 4. The van der Waals surface area contributed by atoms with Crippen molar-refractivity contribution in [1.29, 1.82) is 0 Å². The minimum Gasteiger partial charge on any atom is -0.372 e. The Bertz CT molecular complexity index is 835. The maximum Gasteiger partial charge on any atom is 0.257 e. The lowest BCUT2D eigenvalue weighted by Gasteiger charge is -2.36. The van der Waals surface area contributed by atoms with Crippen LogP contribution >= 0.6 is 0 Å². The van der Waals surface area contributed by atoms with Crippen LogP contribution < -0.4 is 15.5 Å². The number of anilines is 3. The van der Waals surface area contributed by atoms with Crippen LogP contribution in [0.15, 0.2) is 54.7 Å². The molecule has 2 atom stereocenters. The fourth-order valence-corrected chi connectivity index (χ4v) is 3.59. The van der Waals surface area contributed by atoms with Gasteiger partial charge in [0.15, 0.2) is 0 Å². The Morgan fingerprint density at radius 3 is 2.50 bits per heavy atom. The van der Waals surface area contributed by atoms with Gasteiger partial charge in [-0.25, -0.2) is 0 Å². The van der Waals surface area contributed by atoms with E-state index in [-0.39, 0.29) is 18.1 Å². The van der Waals surface area contributed by atoms with Gasteiger partial charge in [0.1, 0.15) is 0 Å². The summed E-state index contributed by atoms with van der Waals surface area (Å²) in [6.45, 7) is 6.01. The molecule has 5 nitrogen and oxygen atoms in total. The zero-order chi connectivity index (χ0) is 18.1. The van der Waals surface area contributed by atoms with Gasteiger partial charge in [-0.1, -0.05) is 18.2 Å². The van der Waals surface area contributed by atoms with Crippen molar-refractivity contribution in [3.8, 4) is 0 Å². The Morgan fingerprint density at radius 1 is 1.08 bits per heavy atom. The third-order valence-electron chi connectivity index (χ3n) is 4.75. The number of ether oxygens (including phenoxy) is 1.